The summed E-state index contributed by atoms with van der Waals surface area (Å²) in [6, 6.07) is 19.8. The van der Waals surface area contributed by atoms with E-state index in [0.29, 0.717) is 6.54 Å². The first-order valence-corrected chi connectivity index (χ1v) is 13.5. The number of nitrogens with one attached hydrogen (secondary N) is 1. The molecule has 7 nitrogen and oxygen atoms in total. The van der Waals surface area contributed by atoms with Crippen LogP contribution < -0.4 is 4.72 Å². The summed E-state index contributed by atoms with van der Waals surface area (Å²) in [7, 11) is -3.61. The van der Waals surface area contributed by atoms with Crippen molar-refractivity contribution in [3.8, 4) is 0 Å². The number of carbonyl (C=O) groups excluding carboxylic acids is 1. The highest BCUT2D eigenvalue weighted by Crippen LogP contribution is 2.29. The molecule has 0 aliphatic rings. The van der Waals surface area contributed by atoms with Gasteiger partial charge in [0.05, 0.1) is 12.8 Å². The second-order valence-electron chi connectivity index (χ2n) is 8.93. The van der Waals surface area contributed by atoms with Gasteiger partial charge in [-0.3, -0.25) is 9.52 Å². The van der Waals surface area contributed by atoms with Crippen LogP contribution in [0.25, 0.3) is 11.2 Å². The highest BCUT2D eigenvalue weighted by atomic mass is 32.2. The Bertz CT molecular complexity index is 1460. The number of carbonyl (C=O) groups is 1. The van der Waals surface area contributed by atoms with Gasteiger partial charge in [0.2, 0.25) is 15.9 Å². The van der Waals surface area contributed by atoms with E-state index in [1.54, 1.807) is 0 Å². The smallest absolute Gasteiger partial charge is 0.234 e. The molecule has 2 heterocycles. The number of nitrogens with zero attached hydrogens (tertiary/aromatic N) is 3. The molecule has 0 fully saturated rings. The van der Waals surface area contributed by atoms with Crippen molar-refractivity contribution < 1.29 is 13.2 Å². The highest BCUT2D eigenvalue weighted by molar-refractivity contribution is 7.89. The third kappa shape index (κ3) is 5.77. The van der Waals surface area contributed by atoms with E-state index in [9.17, 15) is 13.2 Å². The van der Waals surface area contributed by atoms with Gasteiger partial charge >= 0.3 is 0 Å². The minimum atomic E-state index is -3.61. The molecule has 2 aromatic heterocycles. The predicted octanol–water partition coefficient (Wildman–Crippen LogP) is 4.26. The molecule has 1 atom stereocenters. The lowest BCUT2D eigenvalue weighted by Gasteiger charge is -2.18. The van der Waals surface area contributed by atoms with Crippen molar-refractivity contribution in [3.05, 3.63) is 94.4 Å². The van der Waals surface area contributed by atoms with Gasteiger partial charge in [-0.05, 0) is 42.2 Å². The number of fused-ring (bicyclic) bond motifs is 1. The number of sulfonamides is 1. The molecule has 1 N–H and O–H groups in total. The van der Waals surface area contributed by atoms with Gasteiger partial charge in [-0.25, -0.2) is 18.4 Å². The van der Waals surface area contributed by atoms with Crippen molar-refractivity contribution in [2.45, 2.75) is 46.1 Å². The monoisotopic (exact) mass is 490 g/mol. The maximum Gasteiger partial charge on any atom is 0.234 e. The number of hydrogen-bond acceptors (Lipinski definition) is 5. The zero-order chi connectivity index (χ0) is 25.2. The fourth-order valence-corrected chi connectivity index (χ4v) is 4.97. The fourth-order valence-electron chi connectivity index (χ4n) is 4.47. The Labute approximate surface area is 206 Å². The average Bonchev–Trinajstić information content (AvgIpc) is 3.15. The van der Waals surface area contributed by atoms with Crippen LogP contribution in [-0.4, -0.2) is 35.1 Å². The Hall–Kier alpha value is -3.52. The summed E-state index contributed by atoms with van der Waals surface area (Å²) in [6.07, 6.45) is 1.82. The Morgan fingerprint density at radius 1 is 1.00 bits per heavy atom. The summed E-state index contributed by atoms with van der Waals surface area (Å²) in [5.41, 5.74) is 6.90. The summed E-state index contributed by atoms with van der Waals surface area (Å²) in [5, 5.41) is 0. The SMILES string of the molecule is CCc1nc2c(C)cc(C)nc2n1Cc1ccc(C(CC(=O)NS(C)(=O)=O)c2ccccc2)cc1. The van der Waals surface area contributed by atoms with Crippen LogP contribution >= 0.6 is 0 Å². The van der Waals surface area contributed by atoms with Crippen molar-refractivity contribution in [2.24, 2.45) is 0 Å². The topological polar surface area (TPSA) is 93.9 Å². The molecule has 0 saturated carbocycles. The van der Waals surface area contributed by atoms with E-state index in [0.717, 1.165) is 57.6 Å². The number of imidazole rings is 1. The molecule has 0 spiro atoms. The predicted molar refractivity (Wildman–Crippen MR) is 138 cm³/mol. The van der Waals surface area contributed by atoms with E-state index in [-0.39, 0.29) is 12.3 Å². The number of rotatable bonds is 8. The summed E-state index contributed by atoms with van der Waals surface area (Å²) >= 11 is 0. The van der Waals surface area contributed by atoms with Crippen LogP contribution in [0.1, 0.15) is 53.0 Å². The lowest BCUT2D eigenvalue weighted by atomic mass is 9.88. The van der Waals surface area contributed by atoms with E-state index >= 15 is 0 Å². The molecule has 4 aromatic rings. The van der Waals surface area contributed by atoms with Crippen LogP contribution in [0.3, 0.4) is 0 Å². The first kappa shape index (κ1) is 24.6. The lowest BCUT2D eigenvalue weighted by molar-refractivity contribution is -0.119. The Morgan fingerprint density at radius 2 is 1.66 bits per heavy atom. The second kappa shape index (κ2) is 10.00. The molecule has 0 aliphatic heterocycles. The molecule has 0 aliphatic carbocycles. The standard InChI is InChI=1S/C27H30N4O3S/c1-5-24-29-26-18(2)15-19(3)28-27(26)31(24)17-20-11-13-22(14-12-20)23(21-9-7-6-8-10-21)16-25(32)30-35(4,33)34/h6-15,23H,5,16-17H2,1-4H3,(H,30,32). The summed E-state index contributed by atoms with van der Waals surface area (Å²) in [6.45, 7) is 6.79. The minimum absolute atomic E-state index is 0.0328. The lowest BCUT2D eigenvalue weighted by Crippen LogP contribution is -2.30. The molecule has 0 bridgehead atoms. The number of hydrogen-bond donors (Lipinski definition) is 1. The largest absolute Gasteiger partial charge is 0.308 e. The molecule has 0 radical (unpaired) electrons. The number of aryl methyl sites for hydroxylation is 3. The first-order valence-electron chi connectivity index (χ1n) is 11.6. The first-order chi connectivity index (χ1) is 16.6. The normalized spacial score (nSPS) is 12.6. The van der Waals surface area contributed by atoms with Crippen molar-refractivity contribution >= 4 is 27.1 Å². The number of pyridine rings is 1. The van der Waals surface area contributed by atoms with Crippen molar-refractivity contribution in [1.82, 2.24) is 19.3 Å². The van der Waals surface area contributed by atoms with Gasteiger partial charge in [-0.2, -0.15) is 0 Å². The highest BCUT2D eigenvalue weighted by Gasteiger charge is 2.20. The Kier molecular flexibility index (Phi) is 7.03. The average molecular weight is 491 g/mol. The van der Waals surface area contributed by atoms with Gasteiger partial charge in [0.15, 0.2) is 5.65 Å². The molecular formula is C27H30N4O3S. The van der Waals surface area contributed by atoms with Gasteiger partial charge < -0.3 is 4.57 Å². The van der Waals surface area contributed by atoms with E-state index in [1.807, 2.05) is 61.5 Å². The van der Waals surface area contributed by atoms with Crippen molar-refractivity contribution in [2.75, 3.05) is 6.26 Å². The maximum absolute atomic E-state index is 12.4. The quantitative estimate of drug-likeness (QED) is 0.398. The van der Waals surface area contributed by atoms with Gasteiger partial charge in [-0.1, -0.05) is 61.5 Å². The Morgan fingerprint density at radius 3 is 2.29 bits per heavy atom. The van der Waals surface area contributed by atoms with Gasteiger partial charge in [0, 0.05) is 24.5 Å². The van der Waals surface area contributed by atoms with E-state index in [2.05, 4.69) is 29.2 Å². The summed E-state index contributed by atoms with van der Waals surface area (Å²) < 4.78 is 27.3. The van der Waals surface area contributed by atoms with Crippen LogP contribution in [0, 0.1) is 13.8 Å². The second-order valence-corrected chi connectivity index (χ2v) is 10.7. The van der Waals surface area contributed by atoms with E-state index < -0.39 is 15.9 Å². The van der Waals surface area contributed by atoms with Crippen LogP contribution in [-0.2, 0) is 27.8 Å². The van der Waals surface area contributed by atoms with Crippen LogP contribution in [0.5, 0.6) is 0 Å². The zero-order valence-corrected chi connectivity index (χ0v) is 21.3. The molecule has 1 amide bonds. The van der Waals surface area contributed by atoms with E-state index in [1.165, 1.54) is 0 Å². The van der Waals surface area contributed by atoms with Crippen molar-refractivity contribution in [3.63, 3.8) is 0 Å². The van der Waals surface area contributed by atoms with Crippen LogP contribution in [0.15, 0.2) is 60.7 Å². The minimum Gasteiger partial charge on any atom is -0.308 e. The van der Waals surface area contributed by atoms with Crippen LogP contribution in [0.2, 0.25) is 0 Å². The maximum atomic E-state index is 12.4. The number of benzene rings is 2. The molecule has 35 heavy (non-hydrogen) atoms. The van der Waals surface area contributed by atoms with E-state index in [4.69, 9.17) is 9.97 Å². The molecule has 4 rings (SSSR count). The third-order valence-electron chi connectivity index (χ3n) is 6.03. The van der Waals surface area contributed by atoms with Gasteiger partial charge in [0.1, 0.15) is 11.3 Å². The summed E-state index contributed by atoms with van der Waals surface area (Å²) in [5.74, 6) is 0.198. The zero-order valence-electron chi connectivity index (χ0n) is 20.4. The molecule has 182 valence electrons. The molecule has 1 unspecified atom stereocenters. The Balaban J connectivity index is 1.64. The summed E-state index contributed by atoms with van der Waals surface area (Å²) in [4.78, 5) is 22.0. The molecular weight excluding hydrogens is 460 g/mol. The number of amides is 1. The molecule has 2 aromatic carbocycles. The number of aromatic nitrogens is 3. The van der Waals surface area contributed by atoms with Gasteiger partial charge in [0.25, 0.3) is 0 Å². The van der Waals surface area contributed by atoms with Gasteiger partial charge in [-0.15, -0.1) is 0 Å². The fraction of sp³-hybridized carbons (Fsp3) is 0.296. The molecule has 8 heteroatoms. The van der Waals surface area contributed by atoms with Crippen LogP contribution in [0.4, 0.5) is 0 Å². The molecule has 0 saturated heterocycles. The van der Waals surface area contributed by atoms with Crippen molar-refractivity contribution in [1.29, 1.82) is 0 Å². The third-order valence-corrected chi connectivity index (χ3v) is 6.63.